The van der Waals surface area contributed by atoms with Crippen LogP contribution in [0.5, 0.6) is 0 Å². The molecule has 426 valence electrons. The van der Waals surface area contributed by atoms with Crippen molar-refractivity contribution >= 4 is 23.2 Å². The molecule has 5 aliphatic heterocycles. The van der Waals surface area contributed by atoms with E-state index in [0.717, 1.165) is 0 Å². The number of hydrogen-bond donors (Lipinski definition) is 18. The van der Waals surface area contributed by atoms with Gasteiger partial charge in [-0.3, -0.25) is 0 Å². The van der Waals surface area contributed by atoms with Gasteiger partial charge in [0.2, 0.25) is 5.79 Å². The summed E-state index contributed by atoms with van der Waals surface area (Å²) in [7, 11) is 0. The molecule has 6 heterocycles. The number of nitrogens with one attached hydrogen (secondary N) is 1. The topological polar surface area (TPSA) is 470 Å². The third-order valence-electron chi connectivity index (χ3n) is 14.1. The van der Waals surface area contributed by atoms with Gasteiger partial charge in [0.15, 0.2) is 25.2 Å². The van der Waals surface area contributed by atoms with Gasteiger partial charge >= 0.3 is 0 Å². The molecule has 74 heavy (non-hydrogen) atoms. The van der Waals surface area contributed by atoms with Crippen molar-refractivity contribution in [2.24, 2.45) is 0 Å². The number of halogens is 2. The van der Waals surface area contributed by atoms with E-state index < -0.39 is 203 Å². The number of aliphatic hydroxyl groups excluding tert-OH is 17. The van der Waals surface area contributed by atoms with Crippen LogP contribution in [0.15, 0.2) is 17.8 Å². The number of aryl methyl sites for hydroxylation is 1. The van der Waals surface area contributed by atoms with Crippen LogP contribution in [0.1, 0.15) is 19.0 Å². The summed E-state index contributed by atoms with van der Waals surface area (Å²) in [6, 6.07) is -2.26. The number of ether oxygens (including phenoxy) is 9. The Morgan fingerprint density at radius 1 is 0.662 bits per heavy atom. The number of aromatic nitrogens is 3. The molecule has 1 aliphatic carbocycles. The Morgan fingerprint density at radius 2 is 1.23 bits per heavy atom. The number of rotatable bonds is 20. The maximum atomic E-state index is 11.2. The zero-order valence-electron chi connectivity index (χ0n) is 39.5. The Hall–Kier alpha value is -1.62. The minimum absolute atomic E-state index is 0.00303. The normalized spacial score (nSPS) is 48.2. The average molecular weight is 1120 g/mol. The summed E-state index contributed by atoms with van der Waals surface area (Å²) in [4.78, 5) is 0. The van der Waals surface area contributed by atoms with E-state index in [9.17, 15) is 86.8 Å². The van der Waals surface area contributed by atoms with Gasteiger partial charge in [0, 0.05) is 6.20 Å². The molecular formula is C42H68Cl2N4O26. The van der Waals surface area contributed by atoms with Crippen molar-refractivity contribution in [1.29, 1.82) is 0 Å². The monoisotopic (exact) mass is 1110 g/mol. The van der Waals surface area contributed by atoms with Crippen LogP contribution in [0, 0.1) is 0 Å². The number of alkyl halides is 2. The molecule has 1 aromatic rings. The van der Waals surface area contributed by atoms with E-state index >= 15 is 0 Å². The van der Waals surface area contributed by atoms with E-state index in [1.165, 1.54) is 23.9 Å². The second-order valence-electron chi connectivity index (χ2n) is 19.1. The number of nitrogens with zero attached hydrogens (tertiary/aromatic N) is 3. The molecule has 28 atom stereocenters. The van der Waals surface area contributed by atoms with E-state index in [0.29, 0.717) is 5.69 Å². The highest BCUT2D eigenvalue weighted by molar-refractivity contribution is 6.21. The average Bonchev–Trinajstić information content (AvgIpc) is 3.94. The van der Waals surface area contributed by atoms with Crippen LogP contribution < -0.4 is 5.32 Å². The van der Waals surface area contributed by atoms with Crippen molar-refractivity contribution in [3.8, 4) is 0 Å². The zero-order valence-corrected chi connectivity index (χ0v) is 41.0. The van der Waals surface area contributed by atoms with Crippen LogP contribution in [0.2, 0.25) is 0 Å². The van der Waals surface area contributed by atoms with E-state index in [2.05, 4.69) is 15.6 Å². The fourth-order valence-electron chi connectivity index (χ4n) is 9.70. The van der Waals surface area contributed by atoms with Crippen LogP contribution >= 0.6 is 23.2 Å². The van der Waals surface area contributed by atoms with Crippen LogP contribution in [-0.2, 0) is 55.6 Å². The highest BCUT2D eigenvalue weighted by atomic mass is 35.5. The molecule has 5 fully saturated rings. The number of aliphatic hydroxyl groups is 17. The largest absolute Gasteiger partial charge is 0.394 e. The Bertz CT molecular complexity index is 1950. The summed E-state index contributed by atoms with van der Waals surface area (Å²) in [5.41, 5.74) is 0.416. The Balaban J connectivity index is 0.875. The molecular weight excluding hydrogens is 1050 g/mol. The van der Waals surface area contributed by atoms with Gasteiger partial charge in [-0.15, -0.1) is 28.3 Å². The van der Waals surface area contributed by atoms with Crippen molar-refractivity contribution < 1.29 is 129 Å². The van der Waals surface area contributed by atoms with E-state index in [1.807, 2.05) is 0 Å². The third-order valence-corrected chi connectivity index (χ3v) is 15.0. The first-order chi connectivity index (χ1) is 35.1. The van der Waals surface area contributed by atoms with Crippen molar-refractivity contribution in [1.82, 2.24) is 20.3 Å². The van der Waals surface area contributed by atoms with Crippen LogP contribution in [-0.4, -0.2) is 311 Å². The van der Waals surface area contributed by atoms with E-state index in [-0.39, 0.29) is 31.6 Å². The quantitative estimate of drug-likeness (QED) is 0.0327. The lowest BCUT2D eigenvalue weighted by Crippen LogP contribution is -2.68. The molecule has 0 aromatic carbocycles. The maximum absolute atomic E-state index is 11.2. The molecule has 0 saturated carbocycles. The molecule has 32 heteroatoms. The summed E-state index contributed by atoms with van der Waals surface area (Å²) < 4.78 is 52.7. The van der Waals surface area contributed by atoms with Gasteiger partial charge in [0.25, 0.3) is 0 Å². The smallest absolute Gasteiger partial charge is 0.214 e. The molecule has 5 saturated heterocycles. The highest BCUT2D eigenvalue weighted by Gasteiger charge is 2.59. The van der Waals surface area contributed by atoms with Gasteiger partial charge in [0.1, 0.15) is 116 Å². The standard InChI is InChI=1S/C42H68Cl2N4O26/c1-13-22(45-16-5-14(8-49)23(53)28(58)24(16)54)27(57)32(62)39(67-13)71-36-20(11-52)70-40(34(64)30(36)60)72-35-19(10-51)69-38(33(63)29(35)59)66-4-2-3-15-6-48(47-46-15)7-17-25(55)37(65)42(12-43,73-17)74-41-31(61)26(56)21(44)18(9-50)68-41/h5-6,13,16-41,45,49-65H,2-4,7-12H2,1H3/t13?,16-,17+,18+,19?,20?,21-,22+,23+,24-,25+,26-,27-,28-,29+,30+,31+,32?,33?,34?,35+,36+,37-,38+,39+,40+,41+,42-/m0/s1. The molecule has 7 rings (SSSR count). The number of hydrogen-bond acceptors (Lipinski definition) is 29. The molecule has 0 bridgehead atoms. The molecule has 1 aromatic heterocycles. The fraction of sp³-hybridized carbons (Fsp3) is 0.905. The van der Waals surface area contributed by atoms with Gasteiger partial charge in [0.05, 0.1) is 74.7 Å². The lowest BCUT2D eigenvalue weighted by Gasteiger charge is -2.49. The zero-order chi connectivity index (χ0) is 54.1. The SMILES string of the molecule is CC1O[C@H](O[C@@H]2C(CO)O[C@H](O[C@@H]3C(CO)O[C@@H](OCCCc4cn(C[C@H]5O[C@@](CCl)(O[C@H]6O[C@H](CO)[C@H](Cl)[C@H](O)[C@H]6O)[C@@H](O)[C@@H]5O)nn4)C(O)[C@H]3O)C(O)[C@H]2O)C(O)[C@@H](O)[C@@H]1N[C@H]1C=C(CO)[C@@H](O)[C@H](O)[C@H]1O. The van der Waals surface area contributed by atoms with Gasteiger partial charge in [-0.25, -0.2) is 4.68 Å². The van der Waals surface area contributed by atoms with Gasteiger partial charge in [-0.1, -0.05) is 11.3 Å². The van der Waals surface area contributed by atoms with Gasteiger partial charge in [-0.05, 0) is 25.3 Å². The Labute approximate surface area is 431 Å². The summed E-state index contributed by atoms with van der Waals surface area (Å²) in [6.07, 6.45) is -35.9. The Kier molecular flexibility index (Phi) is 20.8. The van der Waals surface area contributed by atoms with Crippen LogP contribution in [0.4, 0.5) is 0 Å². The summed E-state index contributed by atoms with van der Waals surface area (Å²) >= 11 is 12.2. The van der Waals surface area contributed by atoms with E-state index in [1.54, 1.807) is 0 Å². The first-order valence-electron chi connectivity index (χ1n) is 23.9. The minimum atomic E-state index is -2.14. The predicted octanol–water partition coefficient (Wildman–Crippen LogP) is -10.2. The molecule has 30 nitrogen and oxygen atoms in total. The summed E-state index contributed by atoms with van der Waals surface area (Å²) in [6.45, 7) is -1.82. The molecule has 0 spiro atoms. The molecule has 0 radical (unpaired) electrons. The van der Waals surface area contributed by atoms with Gasteiger partial charge in [-0.2, -0.15) is 0 Å². The van der Waals surface area contributed by atoms with Crippen molar-refractivity contribution in [3.63, 3.8) is 0 Å². The third kappa shape index (κ3) is 12.4. The predicted molar refractivity (Wildman–Crippen MR) is 239 cm³/mol. The molecule has 18 N–H and O–H groups in total. The maximum Gasteiger partial charge on any atom is 0.214 e. The summed E-state index contributed by atoms with van der Waals surface area (Å²) in [5.74, 6) is -2.71. The van der Waals surface area contributed by atoms with Crippen LogP contribution in [0.25, 0.3) is 0 Å². The molecule has 0 amide bonds. The first kappa shape index (κ1) is 60.0. The second kappa shape index (κ2) is 25.7. The van der Waals surface area contributed by atoms with E-state index in [4.69, 9.17) is 65.8 Å². The second-order valence-corrected chi connectivity index (χ2v) is 19.8. The molecule has 6 aliphatic rings. The van der Waals surface area contributed by atoms with Gasteiger partial charge < -0.3 is 135 Å². The minimum Gasteiger partial charge on any atom is -0.394 e. The highest BCUT2D eigenvalue weighted by Crippen LogP contribution is 2.39. The lowest BCUT2D eigenvalue weighted by molar-refractivity contribution is -0.376. The molecule has 6 unspecified atom stereocenters. The summed E-state index contributed by atoms with van der Waals surface area (Å²) in [5, 5.41) is 190. The fourth-order valence-corrected chi connectivity index (χ4v) is 10.3. The first-order valence-corrected chi connectivity index (χ1v) is 24.8. The van der Waals surface area contributed by atoms with Crippen molar-refractivity contribution in [2.45, 2.75) is 197 Å². The lowest BCUT2D eigenvalue weighted by atomic mass is 9.86. The van der Waals surface area contributed by atoms with Crippen molar-refractivity contribution in [3.05, 3.63) is 23.5 Å². The Morgan fingerprint density at radius 3 is 1.84 bits per heavy atom. The van der Waals surface area contributed by atoms with Crippen molar-refractivity contribution in [2.75, 3.05) is 38.9 Å². The van der Waals surface area contributed by atoms with Crippen LogP contribution in [0.3, 0.4) is 0 Å².